The van der Waals surface area contributed by atoms with Crippen LogP contribution >= 0.6 is 11.6 Å². The van der Waals surface area contributed by atoms with Crippen LogP contribution in [0.4, 0.5) is 0 Å². The third-order valence-electron chi connectivity index (χ3n) is 3.80. The molecular formula is C14H21ClN2O3S. The van der Waals surface area contributed by atoms with Gasteiger partial charge in [0.1, 0.15) is 0 Å². The average molecular weight is 333 g/mol. The van der Waals surface area contributed by atoms with Crippen LogP contribution in [-0.4, -0.2) is 44.0 Å². The van der Waals surface area contributed by atoms with Crippen molar-refractivity contribution >= 4 is 21.6 Å². The Morgan fingerprint density at radius 1 is 1.48 bits per heavy atom. The molecule has 21 heavy (non-hydrogen) atoms. The molecule has 1 aromatic rings. The first-order valence-corrected chi connectivity index (χ1v) is 9.00. The molecule has 1 heterocycles. The molecule has 1 fully saturated rings. The van der Waals surface area contributed by atoms with Crippen LogP contribution in [0.1, 0.15) is 25.3 Å². The molecule has 1 atom stereocenters. The van der Waals surface area contributed by atoms with Crippen LogP contribution in [0.15, 0.2) is 23.4 Å². The molecule has 7 heteroatoms. The van der Waals surface area contributed by atoms with Crippen LogP contribution in [0.25, 0.3) is 0 Å². The summed E-state index contributed by atoms with van der Waals surface area (Å²) in [6.45, 7) is 2.67. The van der Waals surface area contributed by atoms with E-state index >= 15 is 0 Å². The standard InChI is InChI=1S/C14H21ClN2O3S/c1-11(13-4-5-13)17(7-8-20-2)21(18,19)14-6-3-12(9-15)10-16-14/h3,6,10-11,13H,4-5,7-9H2,1-2H3. The molecule has 2 rings (SSSR count). The van der Waals surface area contributed by atoms with E-state index in [-0.39, 0.29) is 11.1 Å². The minimum Gasteiger partial charge on any atom is -0.383 e. The number of alkyl halides is 1. The van der Waals surface area contributed by atoms with Gasteiger partial charge in [0.05, 0.1) is 6.61 Å². The van der Waals surface area contributed by atoms with Crippen LogP contribution in [0, 0.1) is 5.92 Å². The van der Waals surface area contributed by atoms with Gasteiger partial charge in [0.25, 0.3) is 10.0 Å². The predicted octanol–water partition coefficient (Wildman–Crippen LogP) is 2.26. The number of hydrogen-bond donors (Lipinski definition) is 0. The number of nitrogens with zero attached hydrogens (tertiary/aromatic N) is 2. The zero-order valence-corrected chi connectivity index (χ0v) is 13.9. The Morgan fingerprint density at radius 2 is 2.19 bits per heavy atom. The molecule has 0 aliphatic heterocycles. The van der Waals surface area contributed by atoms with Gasteiger partial charge in [0, 0.05) is 31.8 Å². The van der Waals surface area contributed by atoms with Crippen LogP contribution in [0.2, 0.25) is 0 Å². The van der Waals surface area contributed by atoms with Crippen LogP contribution < -0.4 is 0 Å². The van der Waals surface area contributed by atoms with Crippen molar-refractivity contribution in [1.29, 1.82) is 0 Å². The van der Waals surface area contributed by atoms with E-state index in [1.54, 1.807) is 13.2 Å². The van der Waals surface area contributed by atoms with E-state index in [1.807, 2.05) is 6.92 Å². The lowest BCUT2D eigenvalue weighted by atomic mass is 10.2. The van der Waals surface area contributed by atoms with Gasteiger partial charge in [-0.15, -0.1) is 11.6 Å². The Kier molecular flexibility index (Phi) is 5.60. The first-order valence-electron chi connectivity index (χ1n) is 7.02. The number of rotatable bonds is 8. The van der Waals surface area contributed by atoms with Crippen LogP contribution in [0.3, 0.4) is 0 Å². The van der Waals surface area contributed by atoms with Crippen molar-refractivity contribution in [2.24, 2.45) is 5.92 Å². The van der Waals surface area contributed by atoms with Gasteiger partial charge < -0.3 is 4.74 Å². The molecule has 1 saturated carbocycles. The number of pyridine rings is 1. The molecular weight excluding hydrogens is 312 g/mol. The van der Waals surface area contributed by atoms with Gasteiger partial charge in [-0.2, -0.15) is 4.31 Å². The van der Waals surface area contributed by atoms with Crippen molar-refractivity contribution in [3.8, 4) is 0 Å². The second-order valence-electron chi connectivity index (χ2n) is 5.32. The normalized spacial score (nSPS) is 17.1. The first-order chi connectivity index (χ1) is 10.0. The van der Waals surface area contributed by atoms with E-state index in [1.165, 1.54) is 16.6 Å². The lowest BCUT2D eigenvalue weighted by molar-refractivity contribution is 0.164. The maximum absolute atomic E-state index is 12.8. The zero-order chi connectivity index (χ0) is 15.5. The third kappa shape index (κ3) is 3.94. The van der Waals surface area contributed by atoms with Gasteiger partial charge in [0.15, 0.2) is 5.03 Å². The molecule has 1 aliphatic carbocycles. The molecule has 118 valence electrons. The molecule has 0 amide bonds. The SMILES string of the molecule is COCCN(C(C)C1CC1)S(=O)(=O)c1ccc(CCl)cn1. The van der Waals surface area contributed by atoms with Gasteiger partial charge in [-0.3, -0.25) is 0 Å². The minimum atomic E-state index is -3.60. The molecule has 0 spiro atoms. The summed E-state index contributed by atoms with van der Waals surface area (Å²) < 4.78 is 32.1. The Hall–Kier alpha value is -0.690. The van der Waals surface area contributed by atoms with E-state index in [9.17, 15) is 8.42 Å². The predicted molar refractivity (Wildman–Crippen MR) is 81.7 cm³/mol. The van der Waals surface area contributed by atoms with Crippen LogP contribution in [0.5, 0.6) is 0 Å². The molecule has 5 nitrogen and oxygen atoms in total. The molecule has 1 aliphatic rings. The summed E-state index contributed by atoms with van der Waals surface area (Å²) in [6, 6.07) is 3.19. The highest BCUT2D eigenvalue weighted by Crippen LogP contribution is 2.36. The van der Waals surface area contributed by atoms with Gasteiger partial charge in [-0.25, -0.2) is 13.4 Å². The van der Waals surface area contributed by atoms with E-state index in [0.717, 1.165) is 18.4 Å². The number of sulfonamides is 1. The largest absolute Gasteiger partial charge is 0.383 e. The van der Waals surface area contributed by atoms with Crippen molar-refractivity contribution < 1.29 is 13.2 Å². The van der Waals surface area contributed by atoms with E-state index < -0.39 is 10.0 Å². The summed E-state index contributed by atoms with van der Waals surface area (Å²) in [6.07, 6.45) is 3.67. The van der Waals surface area contributed by atoms with Gasteiger partial charge in [-0.05, 0) is 37.3 Å². The minimum absolute atomic E-state index is 0.0281. The van der Waals surface area contributed by atoms with Gasteiger partial charge >= 0.3 is 0 Å². The quantitative estimate of drug-likeness (QED) is 0.685. The highest BCUT2D eigenvalue weighted by molar-refractivity contribution is 7.89. The summed E-state index contributed by atoms with van der Waals surface area (Å²) in [5.41, 5.74) is 0.800. The number of halogens is 1. The van der Waals surface area contributed by atoms with E-state index in [4.69, 9.17) is 16.3 Å². The van der Waals surface area contributed by atoms with Crippen molar-refractivity contribution in [2.45, 2.75) is 36.7 Å². The molecule has 0 saturated heterocycles. The molecule has 0 aromatic carbocycles. The molecule has 1 unspecified atom stereocenters. The summed E-state index contributed by atoms with van der Waals surface area (Å²) in [4.78, 5) is 4.06. The third-order valence-corrected chi connectivity index (χ3v) is 6.01. The summed E-state index contributed by atoms with van der Waals surface area (Å²) in [5, 5.41) is 0.0694. The maximum atomic E-state index is 12.8. The van der Waals surface area contributed by atoms with Crippen molar-refractivity contribution in [1.82, 2.24) is 9.29 Å². The fourth-order valence-corrected chi connectivity index (χ4v) is 4.05. The molecule has 0 bridgehead atoms. The van der Waals surface area contributed by atoms with E-state index in [0.29, 0.717) is 24.9 Å². The number of methoxy groups -OCH3 is 1. The lowest BCUT2D eigenvalue weighted by Gasteiger charge is -2.27. The number of aromatic nitrogens is 1. The van der Waals surface area contributed by atoms with Crippen molar-refractivity contribution in [2.75, 3.05) is 20.3 Å². The second-order valence-corrected chi connectivity index (χ2v) is 7.43. The average Bonchev–Trinajstić information content (AvgIpc) is 3.32. The molecule has 0 radical (unpaired) electrons. The zero-order valence-electron chi connectivity index (χ0n) is 12.3. The van der Waals surface area contributed by atoms with Gasteiger partial charge in [0.2, 0.25) is 0 Å². The monoisotopic (exact) mass is 332 g/mol. The summed E-state index contributed by atoms with van der Waals surface area (Å²) in [5.74, 6) is 0.762. The Balaban J connectivity index is 2.26. The number of ether oxygens (including phenoxy) is 1. The van der Waals surface area contributed by atoms with E-state index in [2.05, 4.69) is 4.98 Å². The topological polar surface area (TPSA) is 59.5 Å². The van der Waals surface area contributed by atoms with Crippen molar-refractivity contribution in [3.63, 3.8) is 0 Å². The number of hydrogen-bond acceptors (Lipinski definition) is 4. The van der Waals surface area contributed by atoms with Crippen molar-refractivity contribution in [3.05, 3.63) is 23.9 Å². The maximum Gasteiger partial charge on any atom is 0.260 e. The Labute approximate surface area is 131 Å². The highest BCUT2D eigenvalue weighted by Gasteiger charge is 2.38. The Morgan fingerprint density at radius 3 is 2.67 bits per heavy atom. The van der Waals surface area contributed by atoms with Crippen LogP contribution in [-0.2, 0) is 20.6 Å². The molecule has 0 N–H and O–H groups in total. The fraction of sp³-hybridized carbons (Fsp3) is 0.643. The van der Waals surface area contributed by atoms with Gasteiger partial charge in [-0.1, -0.05) is 6.07 Å². The first kappa shape index (κ1) is 16.7. The molecule has 1 aromatic heterocycles. The summed E-state index contributed by atoms with van der Waals surface area (Å²) >= 11 is 5.71. The lowest BCUT2D eigenvalue weighted by Crippen LogP contribution is -2.42. The fourth-order valence-electron chi connectivity index (χ4n) is 2.30. The summed E-state index contributed by atoms with van der Waals surface area (Å²) in [7, 11) is -2.03. The Bertz CT molecular complexity index is 558. The highest BCUT2D eigenvalue weighted by atomic mass is 35.5. The smallest absolute Gasteiger partial charge is 0.260 e. The second kappa shape index (κ2) is 7.05.